The largest absolute Gasteiger partial charge is 0.394 e. The van der Waals surface area contributed by atoms with Crippen molar-refractivity contribution in [3.8, 4) is 0 Å². The number of aliphatic hydroxyl groups excluding tert-OH is 1. The fraction of sp³-hybridized carbons (Fsp3) is 0.462. The van der Waals surface area contributed by atoms with Crippen molar-refractivity contribution in [2.45, 2.75) is 26.3 Å². The second-order valence-electron chi connectivity index (χ2n) is 4.57. The van der Waals surface area contributed by atoms with Crippen molar-refractivity contribution < 1.29 is 9.90 Å². The molecule has 1 atom stereocenters. The van der Waals surface area contributed by atoms with E-state index in [0.717, 1.165) is 16.7 Å². The van der Waals surface area contributed by atoms with Gasteiger partial charge < -0.3 is 10.4 Å². The van der Waals surface area contributed by atoms with E-state index in [1.54, 1.807) is 10.7 Å². The van der Waals surface area contributed by atoms with Crippen molar-refractivity contribution in [2.24, 2.45) is 7.05 Å². The van der Waals surface area contributed by atoms with Crippen molar-refractivity contribution >= 4 is 16.9 Å². The van der Waals surface area contributed by atoms with Gasteiger partial charge in [-0.2, -0.15) is 5.10 Å². The average Bonchev–Trinajstić information content (AvgIpc) is 2.70. The van der Waals surface area contributed by atoms with Gasteiger partial charge in [0.2, 0.25) is 0 Å². The molecule has 0 saturated carbocycles. The Hall–Kier alpha value is -1.95. The molecule has 6 nitrogen and oxygen atoms in total. The maximum Gasteiger partial charge on any atom is 0.253 e. The monoisotopic (exact) mass is 262 g/mol. The third kappa shape index (κ3) is 2.58. The van der Waals surface area contributed by atoms with Gasteiger partial charge >= 0.3 is 0 Å². The van der Waals surface area contributed by atoms with Gasteiger partial charge in [0.1, 0.15) is 0 Å². The highest BCUT2D eigenvalue weighted by Crippen LogP contribution is 2.16. The summed E-state index contributed by atoms with van der Waals surface area (Å²) in [5, 5.41) is 17.0. The number of amides is 1. The summed E-state index contributed by atoms with van der Waals surface area (Å²) in [6.45, 7) is 3.73. The van der Waals surface area contributed by atoms with E-state index in [1.165, 1.54) is 6.20 Å². The van der Waals surface area contributed by atoms with Crippen molar-refractivity contribution in [3.05, 3.63) is 23.5 Å². The number of hydrogen-bond acceptors (Lipinski definition) is 4. The lowest BCUT2D eigenvalue weighted by molar-refractivity contribution is 0.0915. The number of aliphatic hydroxyl groups is 1. The normalized spacial score (nSPS) is 12.6. The number of aryl methyl sites for hydroxylation is 2. The molecule has 0 aliphatic heterocycles. The number of nitrogens with zero attached hydrogens (tertiary/aromatic N) is 3. The minimum absolute atomic E-state index is 0.0656. The van der Waals surface area contributed by atoms with E-state index in [4.69, 9.17) is 5.11 Å². The molecular formula is C13H18N4O2. The van der Waals surface area contributed by atoms with Crippen LogP contribution < -0.4 is 5.32 Å². The Bertz CT molecular complexity index is 602. The third-order valence-electron chi connectivity index (χ3n) is 3.17. The summed E-state index contributed by atoms with van der Waals surface area (Å²) in [5.74, 6) is -0.224. The fourth-order valence-corrected chi connectivity index (χ4v) is 1.98. The second kappa shape index (κ2) is 5.36. The van der Waals surface area contributed by atoms with Gasteiger partial charge in [-0.25, -0.2) is 4.98 Å². The van der Waals surface area contributed by atoms with E-state index >= 15 is 0 Å². The third-order valence-corrected chi connectivity index (χ3v) is 3.17. The molecule has 6 heteroatoms. The predicted molar refractivity (Wildman–Crippen MR) is 71.9 cm³/mol. The van der Waals surface area contributed by atoms with Crippen LogP contribution in [-0.2, 0) is 7.05 Å². The highest BCUT2D eigenvalue weighted by atomic mass is 16.3. The smallest absolute Gasteiger partial charge is 0.253 e. The molecule has 0 aromatic carbocycles. The first-order chi connectivity index (χ1) is 9.06. The maximum atomic E-state index is 12.0. The zero-order valence-electron chi connectivity index (χ0n) is 11.3. The number of carbonyl (C=O) groups is 1. The summed E-state index contributed by atoms with van der Waals surface area (Å²) in [6.07, 6.45) is 2.21. The summed E-state index contributed by atoms with van der Waals surface area (Å²) >= 11 is 0. The van der Waals surface area contributed by atoms with Crippen LogP contribution in [0.1, 0.15) is 29.4 Å². The Morgan fingerprint density at radius 1 is 1.58 bits per heavy atom. The lowest BCUT2D eigenvalue weighted by atomic mass is 10.1. The molecule has 1 unspecified atom stereocenters. The van der Waals surface area contributed by atoms with E-state index in [0.29, 0.717) is 12.0 Å². The standard InChI is InChI=1S/C13H18N4O2/c1-4-10(7-18)15-13(19)9-5-11-8(2)16-17(3)12(11)14-6-9/h5-6,10,18H,4,7H2,1-3H3,(H,15,19). The minimum atomic E-state index is -0.224. The van der Waals surface area contributed by atoms with Gasteiger partial charge in [0, 0.05) is 18.6 Å². The Morgan fingerprint density at radius 2 is 2.32 bits per heavy atom. The van der Waals surface area contributed by atoms with Crippen LogP contribution in [0.15, 0.2) is 12.3 Å². The molecular weight excluding hydrogens is 244 g/mol. The van der Waals surface area contributed by atoms with E-state index in [9.17, 15) is 4.79 Å². The van der Waals surface area contributed by atoms with Crippen molar-refractivity contribution in [1.29, 1.82) is 0 Å². The molecule has 0 saturated heterocycles. The summed E-state index contributed by atoms with van der Waals surface area (Å²) in [7, 11) is 1.82. The lowest BCUT2D eigenvalue weighted by Gasteiger charge is -2.13. The van der Waals surface area contributed by atoms with E-state index < -0.39 is 0 Å². The molecule has 1 amide bonds. The number of aromatic nitrogens is 3. The number of nitrogens with one attached hydrogen (secondary N) is 1. The zero-order valence-corrected chi connectivity index (χ0v) is 11.3. The molecule has 2 heterocycles. The van der Waals surface area contributed by atoms with Gasteiger partial charge in [0.15, 0.2) is 5.65 Å². The van der Waals surface area contributed by atoms with Crippen LogP contribution in [-0.4, -0.2) is 38.4 Å². The molecule has 2 aromatic rings. The number of carbonyl (C=O) groups excluding carboxylic acids is 1. The number of pyridine rings is 1. The van der Waals surface area contributed by atoms with E-state index in [2.05, 4.69) is 15.4 Å². The Kier molecular flexibility index (Phi) is 3.80. The molecule has 0 fully saturated rings. The summed E-state index contributed by atoms with van der Waals surface area (Å²) < 4.78 is 1.69. The summed E-state index contributed by atoms with van der Waals surface area (Å²) in [5.41, 5.74) is 2.08. The van der Waals surface area contributed by atoms with E-state index in [1.807, 2.05) is 20.9 Å². The van der Waals surface area contributed by atoms with Crippen LogP contribution in [0, 0.1) is 6.92 Å². The molecule has 2 N–H and O–H groups in total. The van der Waals surface area contributed by atoms with Crippen LogP contribution in [0.3, 0.4) is 0 Å². The zero-order chi connectivity index (χ0) is 14.0. The molecule has 0 radical (unpaired) electrons. The predicted octanol–water partition coefficient (Wildman–Crippen LogP) is 0.777. The molecule has 102 valence electrons. The Morgan fingerprint density at radius 3 is 2.95 bits per heavy atom. The summed E-state index contributed by atoms with van der Waals surface area (Å²) in [4.78, 5) is 16.3. The molecule has 0 spiro atoms. The van der Waals surface area contributed by atoms with Crippen LogP contribution in [0.4, 0.5) is 0 Å². The van der Waals surface area contributed by atoms with Crippen LogP contribution >= 0.6 is 0 Å². The quantitative estimate of drug-likeness (QED) is 0.853. The van der Waals surface area contributed by atoms with Gasteiger partial charge in [0.25, 0.3) is 5.91 Å². The molecule has 0 bridgehead atoms. The van der Waals surface area contributed by atoms with Gasteiger partial charge in [-0.05, 0) is 19.4 Å². The first kappa shape index (κ1) is 13.5. The van der Waals surface area contributed by atoms with Gasteiger partial charge in [-0.3, -0.25) is 9.48 Å². The average molecular weight is 262 g/mol. The molecule has 0 aliphatic rings. The SMILES string of the molecule is CCC(CO)NC(=O)c1cnc2c(c1)c(C)nn2C. The molecule has 2 aromatic heterocycles. The van der Waals surface area contributed by atoms with Crippen molar-refractivity contribution in [2.75, 3.05) is 6.61 Å². The highest BCUT2D eigenvalue weighted by molar-refractivity contribution is 5.97. The fourth-order valence-electron chi connectivity index (χ4n) is 1.98. The Balaban J connectivity index is 2.30. The molecule has 2 rings (SSSR count). The van der Waals surface area contributed by atoms with Crippen LogP contribution in [0.5, 0.6) is 0 Å². The first-order valence-corrected chi connectivity index (χ1v) is 6.27. The second-order valence-corrected chi connectivity index (χ2v) is 4.57. The van der Waals surface area contributed by atoms with Crippen LogP contribution in [0.25, 0.3) is 11.0 Å². The molecule has 19 heavy (non-hydrogen) atoms. The highest BCUT2D eigenvalue weighted by Gasteiger charge is 2.14. The van der Waals surface area contributed by atoms with Gasteiger partial charge in [-0.1, -0.05) is 6.92 Å². The first-order valence-electron chi connectivity index (χ1n) is 6.27. The van der Waals surface area contributed by atoms with Crippen molar-refractivity contribution in [3.63, 3.8) is 0 Å². The van der Waals surface area contributed by atoms with E-state index in [-0.39, 0.29) is 18.6 Å². The minimum Gasteiger partial charge on any atom is -0.394 e. The van der Waals surface area contributed by atoms with Gasteiger partial charge in [-0.15, -0.1) is 0 Å². The number of fused-ring (bicyclic) bond motifs is 1. The van der Waals surface area contributed by atoms with Crippen molar-refractivity contribution in [1.82, 2.24) is 20.1 Å². The van der Waals surface area contributed by atoms with Crippen LogP contribution in [0.2, 0.25) is 0 Å². The lowest BCUT2D eigenvalue weighted by Crippen LogP contribution is -2.36. The topological polar surface area (TPSA) is 80.0 Å². The Labute approximate surface area is 111 Å². The number of rotatable bonds is 4. The maximum absolute atomic E-state index is 12.0. The molecule has 0 aliphatic carbocycles. The summed E-state index contributed by atoms with van der Waals surface area (Å²) in [6, 6.07) is 1.56. The van der Waals surface area contributed by atoms with Gasteiger partial charge in [0.05, 0.1) is 23.9 Å². The number of hydrogen-bond donors (Lipinski definition) is 2.